The lowest BCUT2D eigenvalue weighted by Gasteiger charge is -2.17. The zero-order chi connectivity index (χ0) is 13.7. The van der Waals surface area contributed by atoms with Gasteiger partial charge in [0.1, 0.15) is 11.5 Å². The number of hydrogen-bond acceptors (Lipinski definition) is 4. The molecule has 0 radical (unpaired) electrons. The number of ether oxygens (including phenoxy) is 2. The van der Waals surface area contributed by atoms with E-state index in [0.717, 1.165) is 17.9 Å². The van der Waals surface area contributed by atoms with Crippen LogP contribution in [-0.2, 0) is 16.0 Å². The molecule has 0 bridgehead atoms. The molecule has 1 aromatic rings. The summed E-state index contributed by atoms with van der Waals surface area (Å²) >= 11 is 0. The molecule has 2 unspecified atom stereocenters. The predicted molar refractivity (Wildman–Crippen MR) is 73.5 cm³/mol. The van der Waals surface area contributed by atoms with E-state index in [-0.39, 0.29) is 17.7 Å². The van der Waals surface area contributed by atoms with Gasteiger partial charge in [-0.15, -0.1) is 0 Å². The van der Waals surface area contributed by atoms with Crippen molar-refractivity contribution >= 4 is 5.78 Å². The third-order valence-electron chi connectivity index (χ3n) is 3.47. The van der Waals surface area contributed by atoms with Gasteiger partial charge in [0.2, 0.25) is 0 Å². The van der Waals surface area contributed by atoms with Crippen LogP contribution in [0.25, 0.3) is 0 Å². The van der Waals surface area contributed by atoms with E-state index in [9.17, 15) is 4.79 Å². The molecule has 0 aliphatic carbocycles. The minimum atomic E-state index is -0.0360. The molecule has 1 aromatic carbocycles. The molecule has 1 aliphatic rings. The highest BCUT2D eigenvalue weighted by molar-refractivity contribution is 5.84. The highest BCUT2D eigenvalue weighted by Gasteiger charge is 2.32. The van der Waals surface area contributed by atoms with Crippen molar-refractivity contribution in [3.8, 4) is 5.75 Å². The standard InChI is InChI=1S/C15H21NO3/c1-3-16-14-10-19-9-13(14)15(17)8-11-5-4-6-12(7-11)18-2/h4-7,13-14,16H,3,8-10H2,1-2H3. The molecular formula is C15H21NO3. The van der Waals surface area contributed by atoms with E-state index in [2.05, 4.69) is 5.32 Å². The molecule has 4 heteroatoms. The van der Waals surface area contributed by atoms with Crippen molar-refractivity contribution in [2.75, 3.05) is 26.9 Å². The summed E-state index contributed by atoms with van der Waals surface area (Å²) in [5.41, 5.74) is 0.992. The molecule has 1 saturated heterocycles. The quantitative estimate of drug-likeness (QED) is 0.843. The number of carbonyl (C=O) groups excluding carboxylic acids is 1. The number of hydrogen-bond donors (Lipinski definition) is 1. The first-order valence-corrected chi connectivity index (χ1v) is 6.71. The van der Waals surface area contributed by atoms with E-state index in [1.807, 2.05) is 31.2 Å². The minimum Gasteiger partial charge on any atom is -0.497 e. The fraction of sp³-hybridized carbons (Fsp3) is 0.533. The van der Waals surface area contributed by atoms with Gasteiger partial charge in [0.25, 0.3) is 0 Å². The number of ketones is 1. The summed E-state index contributed by atoms with van der Waals surface area (Å²) in [6.07, 6.45) is 0.438. The summed E-state index contributed by atoms with van der Waals surface area (Å²) in [4.78, 5) is 12.3. The van der Waals surface area contributed by atoms with Crippen LogP contribution < -0.4 is 10.1 Å². The first kappa shape index (κ1) is 14.0. The van der Waals surface area contributed by atoms with Gasteiger partial charge in [-0.25, -0.2) is 0 Å². The Labute approximate surface area is 114 Å². The van der Waals surface area contributed by atoms with E-state index < -0.39 is 0 Å². The van der Waals surface area contributed by atoms with Crippen molar-refractivity contribution < 1.29 is 14.3 Å². The topological polar surface area (TPSA) is 47.6 Å². The highest BCUT2D eigenvalue weighted by Crippen LogP contribution is 2.19. The molecule has 1 N–H and O–H groups in total. The molecule has 0 saturated carbocycles. The molecule has 1 fully saturated rings. The van der Waals surface area contributed by atoms with E-state index in [0.29, 0.717) is 19.6 Å². The summed E-state index contributed by atoms with van der Waals surface area (Å²) in [5, 5.41) is 3.31. The Morgan fingerprint density at radius 1 is 1.47 bits per heavy atom. The van der Waals surface area contributed by atoms with Crippen LogP contribution in [0.1, 0.15) is 12.5 Å². The van der Waals surface area contributed by atoms with Crippen molar-refractivity contribution in [1.29, 1.82) is 0 Å². The molecule has 1 heterocycles. The SMILES string of the molecule is CCNC1COCC1C(=O)Cc1cccc(OC)c1. The molecule has 0 aromatic heterocycles. The summed E-state index contributed by atoms with van der Waals surface area (Å²) in [6, 6.07) is 7.82. The van der Waals surface area contributed by atoms with Crippen molar-refractivity contribution in [2.45, 2.75) is 19.4 Å². The predicted octanol–water partition coefficient (Wildman–Crippen LogP) is 1.43. The Morgan fingerprint density at radius 2 is 2.32 bits per heavy atom. The number of rotatable bonds is 6. The van der Waals surface area contributed by atoms with Crippen LogP contribution in [0.5, 0.6) is 5.75 Å². The molecule has 19 heavy (non-hydrogen) atoms. The van der Waals surface area contributed by atoms with E-state index in [1.54, 1.807) is 7.11 Å². The summed E-state index contributed by atoms with van der Waals surface area (Å²) in [6.45, 7) is 4.06. The van der Waals surface area contributed by atoms with Crippen LogP contribution in [-0.4, -0.2) is 38.7 Å². The Hall–Kier alpha value is -1.39. The van der Waals surface area contributed by atoms with Crippen LogP contribution in [0.15, 0.2) is 24.3 Å². The lowest BCUT2D eigenvalue weighted by atomic mass is 9.93. The maximum absolute atomic E-state index is 12.3. The smallest absolute Gasteiger partial charge is 0.144 e. The van der Waals surface area contributed by atoms with Gasteiger partial charge >= 0.3 is 0 Å². The Kier molecular flexibility index (Phi) is 4.93. The van der Waals surface area contributed by atoms with Crippen molar-refractivity contribution in [1.82, 2.24) is 5.32 Å². The summed E-state index contributed by atoms with van der Waals surface area (Å²) < 4.78 is 10.6. The van der Waals surface area contributed by atoms with E-state index >= 15 is 0 Å². The van der Waals surface area contributed by atoms with Gasteiger partial charge in [0, 0.05) is 12.5 Å². The largest absolute Gasteiger partial charge is 0.497 e. The van der Waals surface area contributed by atoms with Crippen molar-refractivity contribution in [3.05, 3.63) is 29.8 Å². The van der Waals surface area contributed by atoms with Gasteiger partial charge < -0.3 is 14.8 Å². The maximum Gasteiger partial charge on any atom is 0.144 e. The van der Waals surface area contributed by atoms with Gasteiger partial charge in [-0.3, -0.25) is 4.79 Å². The van der Waals surface area contributed by atoms with Gasteiger partial charge in [0.15, 0.2) is 0 Å². The average molecular weight is 263 g/mol. The van der Waals surface area contributed by atoms with Crippen LogP contribution >= 0.6 is 0 Å². The van der Waals surface area contributed by atoms with Crippen molar-refractivity contribution in [2.24, 2.45) is 5.92 Å². The van der Waals surface area contributed by atoms with Gasteiger partial charge in [0.05, 0.1) is 26.2 Å². The molecule has 0 spiro atoms. The zero-order valence-corrected chi connectivity index (χ0v) is 11.5. The second-order valence-electron chi connectivity index (χ2n) is 4.80. The lowest BCUT2D eigenvalue weighted by molar-refractivity contribution is -0.122. The number of likely N-dealkylation sites (N-methyl/N-ethyl adjacent to an activating group) is 1. The molecule has 104 valence electrons. The molecule has 2 atom stereocenters. The molecular weight excluding hydrogens is 242 g/mol. The zero-order valence-electron chi connectivity index (χ0n) is 11.5. The fourth-order valence-corrected chi connectivity index (χ4v) is 2.45. The molecule has 2 rings (SSSR count). The third-order valence-corrected chi connectivity index (χ3v) is 3.47. The number of Topliss-reactive ketones (excluding diaryl/α,β-unsaturated/α-hetero) is 1. The Balaban J connectivity index is 1.99. The molecule has 4 nitrogen and oxygen atoms in total. The van der Waals surface area contributed by atoms with E-state index in [1.165, 1.54) is 0 Å². The first-order chi connectivity index (χ1) is 9.24. The average Bonchev–Trinajstić information content (AvgIpc) is 2.88. The Bertz CT molecular complexity index is 433. The molecule has 1 aliphatic heterocycles. The number of carbonyl (C=O) groups is 1. The summed E-state index contributed by atoms with van der Waals surface area (Å²) in [7, 11) is 1.63. The third kappa shape index (κ3) is 3.55. The van der Waals surface area contributed by atoms with Crippen LogP contribution in [0.2, 0.25) is 0 Å². The monoisotopic (exact) mass is 263 g/mol. The van der Waals surface area contributed by atoms with E-state index in [4.69, 9.17) is 9.47 Å². The summed E-state index contributed by atoms with van der Waals surface area (Å²) in [5.74, 6) is 0.985. The number of methoxy groups -OCH3 is 1. The minimum absolute atomic E-state index is 0.0360. The van der Waals surface area contributed by atoms with Gasteiger partial charge in [-0.2, -0.15) is 0 Å². The fourth-order valence-electron chi connectivity index (χ4n) is 2.45. The highest BCUT2D eigenvalue weighted by atomic mass is 16.5. The second kappa shape index (κ2) is 6.68. The lowest BCUT2D eigenvalue weighted by Crippen LogP contribution is -2.39. The second-order valence-corrected chi connectivity index (χ2v) is 4.80. The number of benzene rings is 1. The van der Waals surface area contributed by atoms with Crippen LogP contribution in [0, 0.1) is 5.92 Å². The van der Waals surface area contributed by atoms with Gasteiger partial charge in [-0.05, 0) is 24.2 Å². The molecule has 0 amide bonds. The first-order valence-electron chi connectivity index (χ1n) is 6.71. The number of nitrogens with one attached hydrogen (secondary N) is 1. The Morgan fingerprint density at radius 3 is 3.05 bits per heavy atom. The maximum atomic E-state index is 12.3. The van der Waals surface area contributed by atoms with Crippen LogP contribution in [0.3, 0.4) is 0 Å². The normalized spacial score (nSPS) is 22.4. The van der Waals surface area contributed by atoms with Crippen LogP contribution in [0.4, 0.5) is 0 Å². The van der Waals surface area contributed by atoms with Gasteiger partial charge in [-0.1, -0.05) is 19.1 Å². The van der Waals surface area contributed by atoms with Crippen molar-refractivity contribution in [3.63, 3.8) is 0 Å².